The summed E-state index contributed by atoms with van der Waals surface area (Å²) in [6.07, 6.45) is 0.0878. The third-order valence-electron chi connectivity index (χ3n) is 4.90. The summed E-state index contributed by atoms with van der Waals surface area (Å²) in [6, 6.07) is 12.0. The molecule has 1 aliphatic heterocycles. The van der Waals surface area contributed by atoms with Gasteiger partial charge in [0.05, 0.1) is 22.6 Å². The Balaban J connectivity index is 1.66. The van der Waals surface area contributed by atoms with Gasteiger partial charge in [-0.1, -0.05) is 18.2 Å². The molecule has 29 heavy (non-hydrogen) atoms. The zero-order valence-corrected chi connectivity index (χ0v) is 16.1. The van der Waals surface area contributed by atoms with E-state index in [1.165, 1.54) is 6.07 Å². The molecule has 1 aromatic heterocycles. The van der Waals surface area contributed by atoms with Crippen molar-refractivity contribution in [3.05, 3.63) is 58.3 Å². The Hall–Kier alpha value is -3.46. The van der Waals surface area contributed by atoms with Gasteiger partial charge in [0.15, 0.2) is 5.69 Å². The maximum Gasteiger partial charge on any atom is 0.292 e. The Labute approximate surface area is 166 Å². The molecule has 2 aromatic carbocycles. The number of fused-ring (bicyclic) bond motifs is 1. The van der Waals surface area contributed by atoms with Gasteiger partial charge < -0.3 is 15.0 Å². The Bertz CT molecular complexity index is 1070. The van der Waals surface area contributed by atoms with Crippen molar-refractivity contribution >= 4 is 33.9 Å². The lowest BCUT2D eigenvalue weighted by atomic mass is 10.1. The van der Waals surface area contributed by atoms with Gasteiger partial charge in [-0.25, -0.2) is 0 Å². The second-order valence-electron chi connectivity index (χ2n) is 7.19. The lowest BCUT2D eigenvalue weighted by molar-refractivity contribution is -0.383. The number of aromatic amines is 1. The van der Waals surface area contributed by atoms with E-state index in [9.17, 15) is 14.9 Å². The van der Waals surface area contributed by atoms with E-state index < -0.39 is 10.8 Å². The Morgan fingerprint density at radius 1 is 1.24 bits per heavy atom. The minimum Gasteiger partial charge on any atom is -0.372 e. The largest absolute Gasteiger partial charge is 0.372 e. The Morgan fingerprint density at radius 2 is 1.97 bits per heavy atom. The topological polar surface area (TPSA) is 113 Å². The maximum atomic E-state index is 12.8. The Kier molecular flexibility index (Phi) is 4.89. The minimum atomic E-state index is -0.508. The van der Waals surface area contributed by atoms with Crippen molar-refractivity contribution in [1.82, 2.24) is 10.2 Å². The minimum absolute atomic E-state index is 0.0439. The number of nitro groups is 1. The van der Waals surface area contributed by atoms with Crippen LogP contribution in [0.2, 0.25) is 0 Å². The summed E-state index contributed by atoms with van der Waals surface area (Å²) in [7, 11) is 0. The lowest BCUT2D eigenvalue weighted by Crippen LogP contribution is -2.45. The van der Waals surface area contributed by atoms with Crippen LogP contribution in [0.5, 0.6) is 0 Å². The van der Waals surface area contributed by atoms with Crippen molar-refractivity contribution in [1.29, 1.82) is 0 Å². The smallest absolute Gasteiger partial charge is 0.292 e. The number of nitrogens with zero attached hydrogens (tertiary/aromatic N) is 3. The second-order valence-corrected chi connectivity index (χ2v) is 7.19. The molecular formula is C20H21N5O4. The highest BCUT2D eigenvalue weighted by Gasteiger charge is 2.25. The van der Waals surface area contributed by atoms with Gasteiger partial charge in [0.25, 0.3) is 11.6 Å². The van der Waals surface area contributed by atoms with E-state index in [4.69, 9.17) is 4.74 Å². The zero-order valence-electron chi connectivity index (χ0n) is 16.1. The molecule has 1 saturated heterocycles. The number of rotatable bonds is 4. The van der Waals surface area contributed by atoms with Gasteiger partial charge >= 0.3 is 0 Å². The van der Waals surface area contributed by atoms with Gasteiger partial charge in [-0.15, -0.1) is 0 Å². The Morgan fingerprint density at radius 3 is 2.69 bits per heavy atom. The molecule has 150 valence electrons. The van der Waals surface area contributed by atoms with Crippen molar-refractivity contribution in [3.8, 4) is 0 Å². The number of anilines is 2. The van der Waals surface area contributed by atoms with Crippen LogP contribution in [0, 0.1) is 10.1 Å². The van der Waals surface area contributed by atoms with Crippen LogP contribution in [0.4, 0.5) is 17.1 Å². The van der Waals surface area contributed by atoms with Crippen molar-refractivity contribution in [2.45, 2.75) is 26.1 Å². The molecule has 0 radical (unpaired) electrons. The molecular weight excluding hydrogens is 374 g/mol. The first-order valence-electron chi connectivity index (χ1n) is 9.35. The normalized spacial score (nSPS) is 19.3. The summed E-state index contributed by atoms with van der Waals surface area (Å²) in [5, 5.41) is 21.7. The number of morpholine rings is 1. The molecule has 1 amide bonds. The predicted molar refractivity (Wildman–Crippen MR) is 109 cm³/mol. The molecule has 1 aliphatic rings. The van der Waals surface area contributed by atoms with E-state index in [-0.39, 0.29) is 29.3 Å². The quantitative estimate of drug-likeness (QED) is 0.517. The van der Waals surface area contributed by atoms with Crippen LogP contribution in [0.15, 0.2) is 42.5 Å². The highest BCUT2D eigenvalue weighted by molar-refractivity contribution is 6.11. The molecule has 0 saturated carbocycles. The number of hydrogen-bond donors (Lipinski definition) is 2. The van der Waals surface area contributed by atoms with E-state index in [0.29, 0.717) is 18.5 Å². The summed E-state index contributed by atoms with van der Waals surface area (Å²) >= 11 is 0. The number of para-hydroxylation sites is 1. The molecule has 3 aromatic rings. The van der Waals surface area contributed by atoms with Crippen LogP contribution in [-0.2, 0) is 4.74 Å². The molecule has 2 atom stereocenters. The molecule has 2 N–H and O–H groups in total. The van der Waals surface area contributed by atoms with Crippen molar-refractivity contribution in [2.75, 3.05) is 23.3 Å². The first-order chi connectivity index (χ1) is 13.9. The van der Waals surface area contributed by atoms with Crippen LogP contribution in [-0.4, -0.2) is 46.3 Å². The number of amides is 1. The second kappa shape index (κ2) is 7.51. The van der Waals surface area contributed by atoms with Crippen LogP contribution in [0.3, 0.4) is 0 Å². The van der Waals surface area contributed by atoms with Crippen molar-refractivity contribution in [2.24, 2.45) is 0 Å². The monoisotopic (exact) mass is 395 g/mol. The standard InChI is InChI=1S/C20H21N5O4/c1-12-10-24(11-13(2)29-12)14-7-8-18(25(27)28)17(9-14)21-20(26)19-15-5-3-4-6-16(15)22-23-19/h3-9,12-13H,10-11H2,1-2H3,(H,21,26)(H,22,23)/t12-,13+. The highest BCUT2D eigenvalue weighted by Crippen LogP contribution is 2.31. The fourth-order valence-electron chi connectivity index (χ4n) is 3.69. The zero-order chi connectivity index (χ0) is 20.5. The van der Waals surface area contributed by atoms with Gasteiger partial charge in [0, 0.05) is 30.2 Å². The van der Waals surface area contributed by atoms with E-state index in [1.807, 2.05) is 26.0 Å². The third-order valence-corrected chi connectivity index (χ3v) is 4.90. The maximum absolute atomic E-state index is 12.8. The van der Waals surface area contributed by atoms with Crippen LogP contribution in [0.1, 0.15) is 24.3 Å². The number of H-pyrrole nitrogens is 1. The summed E-state index contributed by atoms with van der Waals surface area (Å²) in [5.41, 5.74) is 1.67. The number of ether oxygens (including phenoxy) is 1. The first kappa shape index (κ1) is 18.9. The number of aromatic nitrogens is 2. The van der Waals surface area contributed by atoms with Crippen LogP contribution in [0.25, 0.3) is 10.9 Å². The molecule has 0 bridgehead atoms. The summed E-state index contributed by atoms with van der Waals surface area (Å²) in [4.78, 5) is 25.9. The van der Waals surface area contributed by atoms with Crippen LogP contribution >= 0.6 is 0 Å². The summed E-state index contributed by atoms with van der Waals surface area (Å²) < 4.78 is 5.75. The molecule has 0 aliphatic carbocycles. The lowest BCUT2D eigenvalue weighted by Gasteiger charge is -2.37. The van der Waals surface area contributed by atoms with Crippen LogP contribution < -0.4 is 10.2 Å². The average Bonchev–Trinajstić information content (AvgIpc) is 3.11. The molecule has 0 unspecified atom stereocenters. The molecule has 0 spiro atoms. The number of carbonyl (C=O) groups excluding carboxylic acids is 1. The van der Waals surface area contributed by atoms with E-state index in [2.05, 4.69) is 20.4 Å². The van der Waals surface area contributed by atoms with E-state index in [0.717, 1.165) is 11.2 Å². The van der Waals surface area contributed by atoms with Gasteiger partial charge in [-0.2, -0.15) is 5.10 Å². The number of carbonyl (C=O) groups is 1. The number of hydrogen-bond acceptors (Lipinski definition) is 6. The highest BCUT2D eigenvalue weighted by atomic mass is 16.6. The number of nitrogens with one attached hydrogen (secondary N) is 2. The van der Waals surface area contributed by atoms with Crippen molar-refractivity contribution in [3.63, 3.8) is 0 Å². The summed E-state index contributed by atoms with van der Waals surface area (Å²) in [5.74, 6) is -0.508. The van der Waals surface area contributed by atoms with Gasteiger partial charge in [-0.3, -0.25) is 20.0 Å². The molecule has 1 fully saturated rings. The fraction of sp³-hybridized carbons (Fsp3) is 0.300. The van der Waals surface area contributed by atoms with E-state index in [1.54, 1.807) is 24.3 Å². The molecule has 4 rings (SSSR count). The fourth-order valence-corrected chi connectivity index (χ4v) is 3.69. The van der Waals surface area contributed by atoms with Gasteiger partial charge in [0.1, 0.15) is 5.69 Å². The van der Waals surface area contributed by atoms with Crippen molar-refractivity contribution < 1.29 is 14.5 Å². The average molecular weight is 395 g/mol. The summed E-state index contributed by atoms with van der Waals surface area (Å²) in [6.45, 7) is 5.30. The van der Waals surface area contributed by atoms with Gasteiger partial charge in [0.2, 0.25) is 0 Å². The SMILES string of the molecule is C[C@@H]1CN(c2ccc([N+](=O)[O-])c(NC(=O)c3n[nH]c4ccccc34)c2)C[C@H](C)O1. The van der Waals surface area contributed by atoms with Gasteiger partial charge in [-0.05, 0) is 32.0 Å². The van der Waals surface area contributed by atoms with E-state index >= 15 is 0 Å². The first-order valence-corrected chi connectivity index (χ1v) is 9.35. The molecule has 9 nitrogen and oxygen atoms in total. The third kappa shape index (κ3) is 3.77. The molecule has 9 heteroatoms. The number of benzene rings is 2. The predicted octanol–water partition coefficient (Wildman–Crippen LogP) is 3.34. The number of nitro benzene ring substituents is 1. The molecule has 2 heterocycles.